The van der Waals surface area contributed by atoms with Gasteiger partial charge in [-0.2, -0.15) is 0 Å². The number of hydrogen-bond acceptors (Lipinski definition) is 3. The van der Waals surface area contributed by atoms with E-state index in [1.165, 1.54) is 5.56 Å². The number of nitrogens with one attached hydrogen (secondary N) is 1. The molecule has 0 saturated carbocycles. The van der Waals surface area contributed by atoms with E-state index in [0.717, 1.165) is 37.7 Å². The molecule has 0 aliphatic heterocycles. The van der Waals surface area contributed by atoms with Crippen LogP contribution < -0.4 is 5.32 Å². The van der Waals surface area contributed by atoms with Crippen LogP contribution in [0.1, 0.15) is 37.9 Å². The van der Waals surface area contributed by atoms with E-state index in [4.69, 9.17) is 4.42 Å². The van der Waals surface area contributed by atoms with Crippen molar-refractivity contribution in [2.75, 3.05) is 20.1 Å². The molecule has 1 aromatic rings. The molecule has 1 heterocycles. The fourth-order valence-corrected chi connectivity index (χ4v) is 2.07. The summed E-state index contributed by atoms with van der Waals surface area (Å²) < 4.78 is 5.80. The van der Waals surface area contributed by atoms with Crippen LogP contribution in [0.3, 0.4) is 0 Å². The van der Waals surface area contributed by atoms with Gasteiger partial charge >= 0.3 is 0 Å². The van der Waals surface area contributed by atoms with Gasteiger partial charge in [-0.05, 0) is 32.5 Å². The summed E-state index contributed by atoms with van der Waals surface area (Å²) in [5, 5.41) is 3.16. The SMILES string of the molecule is CCN(Cc1cc(CNC)c(C)o1)CC(C)C. The maximum Gasteiger partial charge on any atom is 0.118 e. The van der Waals surface area contributed by atoms with E-state index in [1.54, 1.807) is 0 Å². The minimum atomic E-state index is 0.697. The van der Waals surface area contributed by atoms with Crippen molar-refractivity contribution in [3.05, 3.63) is 23.2 Å². The second kappa shape index (κ2) is 6.82. The Morgan fingerprint density at radius 1 is 1.41 bits per heavy atom. The Balaban J connectivity index is 2.63. The number of nitrogens with zero attached hydrogens (tertiary/aromatic N) is 1. The van der Waals surface area contributed by atoms with E-state index in [9.17, 15) is 0 Å². The Kier molecular flexibility index (Phi) is 5.72. The minimum Gasteiger partial charge on any atom is -0.465 e. The molecule has 0 aromatic carbocycles. The lowest BCUT2D eigenvalue weighted by Gasteiger charge is -2.21. The summed E-state index contributed by atoms with van der Waals surface area (Å²) in [5.41, 5.74) is 1.27. The highest BCUT2D eigenvalue weighted by molar-refractivity contribution is 5.20. The van der Waals surface area contributed by atoms with Crippen LogP contribution >= 0.6 is 0 Å². The van der Waals surface area contributed by atoms with E-state index < -0.39 is 0 Å². The lowest BCUT2D eigenvalue weighted by molar-refractivity contribution is 0.228. The maximum absolute atomic E-state index is 5.80. The number of furan rings is 1. The molecule has 0 aliphatic rings. The van der Waals surface area contributed by atoms with E-state index in [1.807, 2.05) is 14.0 Å². The Bertz CT molecular complexity index is 331. The van der Waals surface area contributed by atoms with Crippen molar-refractivity contribution in [1.29, 1.82) is 0 Å². The summed E-state index contributed by atoms with van der Waals surface area (Å²) in [4.78, 5) is 2.42. The monoisotopic (exact) mass is 238 g/mol. The first-order valence-electron chi connectivity index (χ1n) is 6.51. The smallest absolute Gasteiger partial charge is 0.118 e. The summed E-state index contributed by atoms with van der Waals surface area (Å²) in [7, 11) is 1.96. The van der Waals surface area contributed by atoms with Crippen LogP contribution in [0.4, 0.5) is 0 Å². The number of aryl methyl sites for hydroxylation is 1. The molecule has 3 heteroatoms. The third-order valence-electron chi connectivity index (χ3n) is 2.89. The van der Waals surface area contributed by atoms with Crippen molar-refractivity contribution in [3.8, 4) is 0 Å². The molecule has 1 aromatic heterocycles. The van der Waals surface area contributed by atoms with Crippen LogP contribution in [0.2, 0.25) is 0 Å². The summed E-state index contributed by atoms with van der Waals surface area (Å²) in [6.45, 7) is 12.7. The zero-order chi connectivity index (χ0) is 12.8. The van der Waals surface area contributed by atoms with E-state index >= 15 is 0 Å². The molecule has 98 valence electrons. The Morgan fingerprint density at radius 3 is 2.65 bits per heavy atom. The molecule has 0 radical (unpaired) electrons. The van der Waals surface area contributed by atoms with Crippen LogP contribution in [0, 0.1) is 12.8 Å². The first kappa shape index (κ1) is 14.3. The van der Waals surface area contributed by atoms with Crippen molar-refractivity contribution >= 4 is 0 Å². The molecule has 0 bridgehead atoms. The van der Waals surface area contributed by atoms with E-state index in [2.05, 4.69) is 37.1 Å². The van der Waals surface area contributed by atoms with Gasteiger partial charge in [-0.3, -0.25) is 4.90 Å². The standard InChI is InChI=1S/C14H26N2O/c1-6-16(9-11(2)3)10-14-7-13(8-15-5)12(4)17-14/h7,11,15H,6,8-10H2,1-5H3. The highest BCUT2D eigenvalue weighted by Gasteiger charge is 2.11. The molecule has 0 amide bonds. The number of rotatable bonds is 7. The van der Waals surface area contributed by atoms with Gasteiger partial charge in [0, 0.05) is 18.7 Å². The first-order valence-corrected chi connectivity index (χ1v) is 6.51. The Hall–Kier alpha value is -0.800. The van der Waals surface area contributed by atoms with E-state index in [0.29, 0.717) is 5.92 Å². The van der Waals surface area contributed by atoms with Gasteiger partial charge in [0.2, 0.25) is 0 Å². The second-order valence-electron chi connectivity index (χ2n) is 5.05. The highest BCUT2D eigenvalue weighted by Crippen LogP contribution is 2.16. The normalized spacial score (nSPS) is 11.7. The average Bonchev–Trinajstić information content (AvgIpc) is 2.58. The molecule has 0 saturated heterocycles. The topological polar surface area (TPSA) is 28.4 Å². The van der Waals surface area contributed by atoms with Gasteiger partial charge in [0.25, 0.3) is 0 Å². The predicted octanol–water partition coefficient (Wildman–Crippen LogP) is 2.79. The Labute approximate surface area is 105 Å². The van der Waals surface area contributed by atoms with Gasteiger partial charge < -0.3 is 9.73 Å². The highest BCUT2D eigenvalue weighted by atomic mass is 16.3. The van der Waals surface area contributed by atoms with E-state index in [-0.39, 0.29) is 0 Å². The molecular weight excluding hydrogens is 212 g/mol. The largest absolute Gasteiger partial charge is 0.465 e. The second-order valence-corrected chi connectivity index (χ2v) is 5.05. The summed E-state index contributed by atoms with van der Waals surface area (Å²) in [6.07, 6.45) is 0. The third-order valence-corrected chi connectivity index (χ3v) is 2.89. The lowest BCUT2D eigenvalue weighted by Crippen LogP contribution is -2.26. The quantitative estimate of drug-likeness (QED) is 0.792. The van der Waals surface area contributed by atoms with Crippen LogP contribution in [0.15, 0.2) is 10.5 Å². The van der Waals surface area contributed by atoms with Crippen LogP contribution in [0.5, 0.6) is 0 Å². The van der Waals surface area contributed by atoms with Gasteiger partial charge in [-0.25, -0.2) is 0 Å². The molecule has 0 atom stereocenters. The summed E-state index contributed by atoms with van der Waals surface area (Å²) in [6, 6.07) is 2.18. The number of hydrogen-bond donors (Lipinski definition) is 1. The molecule has 0 spiro atoms. The van der Waals surface area contributed by atoms with Crippen molar-refractivity contribution in [2.24, 2.45) is 5.92 Å². The summed E-state index contributed by atoms with van der Waals surface area (Å²) in [5.74, 6) is 2.81. The molecule has 1 rings (SSSR count). The molecule has 0 aliphatic carbocycles. The van der Waals surface area contributed by atoms with Gasteiger partial charge in [0.05, 0.1) is 6.54 Å². The molecular formula is C14H26N2O. The fraction of sp³-hybridized carbons (Fsp3) is 0.714. The molecule has 0 fully saturated rings. The maximum atomic E-state index is 5.80. The van der Waals surface area contributed by atoms with Crippen molar-refractivity contribution < 1.29 is 4.42 Å². The van der Waals surface area contributed by atoms with Crippen molar-refractivity contribution in [3.63, 3.8) is 0 Å². The van der Waals surface area contributed by atoms with Gasteiger partial charge in [0.1, 0.15) is 11.5 Å². The molecule has 0 unspecified atom stereocenters. The van der Waals surface area contributed by atoms with Crippen molar-refractivity contribution in [1.82, 2.24) is 10.2 Å². The molecule has 1 N–H and O–H groups in total. The molecule has 3 nitrogen and oxygen atoms in total. The fourth-order valence-electron chi connectivity index (χ4n) is 2.07. The van der Waals surface area contributed by atoms with Crippen LogP contribution in [-0.4, -0.2) is 25.0 Å². The predicted molar refractivity (Wildman–Crippen MR) is 72.0 cm³/mol. The first-order chi connectivity index (χ1) is 8.06. The lowest BCUT2D eigenvalue weighted by atomic mass is 10.2. The zero-order valence-corrected chi connectivity index (χ0v) is 11.8. The Morgan fingerprint density at radius 2 is 2.12 bits per heavy atom. The van der Waals surface area contributed by atoms with Gasteiger partial charge in [-0.1, -0.05) is 20.8 Å². The van der Waals surface area contributed by atoms with Gasteiger partial charge in [-0.15, -0.1) is 0 Å². The minimum absolute atomic E-state index is 0.697. The zero-order valence-electron chi connectivity index (χ0n) is 11.8. The van der Waals surface area contributed by atoms with Crippen LogP contribution in [-0.2, 0) is 13.1 Å². The van der Waals surface area contributed by atoms with Crippen molar-refractivity contribution in [2.45, 2.75) is 40.8 Å². The summed E-state index contributed by atoms with van der Waals surface area (Å²) >= 11 is 0. The third kappa shape index (κ3) is 4.52. The molecule has 17 heavy (non-hydrogen) atoms. The van der Waals surface area contributed by atoms with Crippen LogP contribution in [0.25, 0.3) is 0 Å². The average molecular weight is 238 g/mol. The van der Waals surface area contributed by atoms with Gasteiger partial charge in [0.15, 0.2) is 0 Å².